The summed E-state index contributed by atoms with van der Waals surface area (Å²) in [5, 5.41) is 22.2. The van der Waals surface area contributed by atoms with E-state index in [2.05, 4.69) is 11.4 Å². The number of nitriles is 2. The van der Waals surface area contributed by atoms with Gasteiger partial charge in [-0.15, -0.1) is 23.1 Å². The second-order valence-corrected chi connectivity index (χ2v) is 7.91. The summed E-state index contributed by atoms with van der Waals surface area (Å²) in [6.45, 7) is 0. The number of rotatable bonds is 4. The predicted octanol–water partition coefficient (Wildman–Crippen LogP) is 4.77. The Hall–Kier alpha value is -2.54. The molecule has 6 heteroatoms. The molecule has 0 radical (unpaired) electrons. The summed E-state index contributed by atoms with van der Waals surface area (Å²) in [5.74, 6) is -0.475. The first-order valence-corrected chi connectivity index (χ1v) is 10.3. The Morgan fingerprint density at radius 1 is 1.23 bits per heavy atom. The zero-order valence-corrected chi connectivity index (χ0v) is 16.0. The smallest absolute Gasteiger partial charge is 0.266 e. The molecule has 1 aromatic carbocycles. The highest BCUT2D eigenvalue weighted by molar-refractivity contribution is 7.98. The van der Waals surface area contributed by atoms with Crippen LogP contribution in [0.25, 0.3) is 6.08 Å². The molecular weight excluding hydrogens is 362 g/mol. The van der Waals surface area contributed by atoms with Gasteiger partial charge in [-0.1, -0.05) is 12.1 Å². The largest absolute Gasteiger partial charge is 0.312 e. The maximum Gasteiger partial charge on any atom is 0.266 e. The Balaban J connectivity index is 1.84. The number of anilines is 1. The minimum atomic E-state index is -0.475. The SMILES string of the molecule is CSc1ccc(C=C(C#N)C(=O)Nc2sc3c(c2C#N)CCCC3)cc1. The molecule has 0 bridgehead atoms. The van der Waals surface area contributed by atoms with Gasteiger partial charge in [0.1, 0.15) is 22.7 Å². The fourth-order valence-electron chi connectivity index (χ4n) is 2.96. The number of amides is 1. The average molecular weight is 380 g/mol. The number of aryl methyl sites for hydroxylation is 1. The minimum absolute atomic E-state index is 0.0252. The van der Waals surface area contributed by atoms with Crippen LogP contribution in [-0.2, 0) is 17.6 Å². The van der Waals surface area contributed by atoms with Gasteiger partial charge in [-0.05, 0) is 61.3 Å². The van der Waals surface area contributed by atoms with Gasteiger partial charge >= 0.3 is 0 Å². The number of carbonyl (C=O) groups excluding carboxylic acids is 1. The van der Waals surface area contributed by atoms with Crippen molar-refractivity contribution in [2.75, 3.05) is 11.6 Å². The Morgan fingerprint density at radius 3 is 2.62 bits per heavy atom. The topological polar surface area (TPSA) is 76.7 Å². The van der Waals surface area contributed by atoms with Crippen molar-refractivity contribution >= 4 is 40.1 Å². The highest BCUT2D eigenvalue weighted by Gasteiger charge is 2.22. The monoisotopic (exact) mass is 379 g/mol. The molecule has 2 aromatic rings. The van der Waals surface area contributed by atoms with Gasteiger partial charge in [0.05, 0.1) is 5.56 Å². The van der Waals surface area contributed by atoms with E-state index in [0.29, 0.717) is 10.6 Å². The number of fused-ring (bicyclic) bond motifs is 1. The van der Waals surface area contributed by atoms with Crippen LogP contribution < -0.4 is 5.32 Å². The number of nitrogens with zero attached hydrogens (tertiary/aromatic N) is 2. The van der Waals surface area contributed by atoms with Crippen LogP contribution in [0.1, 0.15) is 34.4 Å². The molecule has 1 heterocycles. The van der Waals surface area contributed by atoms with Crippen LogP contribution >= 0.6 is 23.1 Å². The fraction of sp³-hybridized carbons (Fsp3) is 0.250. The fourth-order valence-corrected chi connectivity index (χ4v) is 4.60. The molecule has 0 saturated heterocycles. The van der Waals surface area contributed by atoms with E-state index in [9.17, 15) is 15.3 Å². The number of hydrogen-bond acceptors (Lipinski definition) is 5. The highest BCUT2D eigenvalue weighted by atomic mass is 32.2. The molecule has 1 aliphatic rings. The van der Waals surface area contributed by atoms with E-state index in [0.717, 1.165) is 41.7 Å². The summed E-state index contributed by atoms with van der Waals surface area (Å²) in [4.78, 5) is 14.8. The van der Waals surface area contributed by atoms with Crippen molar-refractivity contribution in [3.05, 3.63) is 51.4 Å². The van der Waals surface area contributed by atoms with Gasteiger partial charge in [0, 0.05) is 9.77 Å². The van der Waals surface area contributed by atoms with Gasteiger partial charge in [-0.2, -0.15) is 10.5 Å². The summed E-state index contributed by atoms with van der Waals surface area (Å²) in [5.41, 5.74) is 2.44. The van der Waals surface area contributed by atoms with E-state index >= 15 is 0 Å². The molecule has 1 N–H and O–H groups in total. The van der Waals surface area contributed by atoms with Crippen LogP contribution in [0.3, 0.4) is 0 Å². The Labute approximate surface area is 161 Å². The molecular formula is C20H17N3OS2. The van der Waals surface area contributed by atoms with Crippen molar-refractivity contribution in [3.63, 3.8) is 0 Å². The summed E-state index contributed by atoms with van der Waals surface area (Å²) in [6.07, 6.45) is 7.58. The van der Waals surface area contributed by atoms with Gasteiger partial charge in [0.15, 0.2) is 0 Å². The van der Waals surface area contributed by atoms with Crippen LogP contribution in [0.15, 0.2) is 34.7 Å². The van der Waals surface area contributed by atoms with Crippen LogP contribution in [-0.4, -0.2) is 12.2 Å². The molecule has 1 aromatic heterocycles. The number of hydrogen-bond donors (Lipinski definition) is 1. The van der Waals surface area contributed by atoms with E-state index in [1.165, 1.54) is 16.2 Å². The Morgan fingerprint density at radius 2 is 1.96 bits per heavy atom. The molecule has 4 nitrogen and oxygen atoms in total. The van der Waals surface area contributed by atoms with Gasteiger partial charge in [0.2, 0.25) is 0 Å². The van der Waals surface area contributed by atoms with Crippen molar-refractivity contribution in [1.29, 1.82) is 10.5 Å². The molecule has 1 aliphatic carbocycles. The number of nitrogens with one attached hydrogen (secondary N) is 1. The molecule has 0 unspecified atom stereocenters. The van der Waals surface area contributed by atoms with E-state index in [-0.39, 0.29) is 5.57 Å². The van der Waals surface area contributed by atoms with Crippen molar-refractivity contribution in [1.82, 2.24) is 0 Å². The third-order valence-corrected chi connectivity index (χ3v) is 6.25. The molecule has 0 aliphatic heterocycles. The lowest BCUT2D eigenvalue weighted by Gasteiger charge is -2.09. The predicted molar refractivity (Wildman–Crippen MR) is 106 cm³/mol. The maximum absolute atomic E-state index is 12.5. The molecule has 130 valence electrons. The molecule has 0 spiro atoms. The summed E-state index contributed by atoms with van der Waals surface area (Å²) < 4.78 is 0. The highest BCUT2D eigenvalue weighted by Crippen LogP contribution is 2.37. The lowest BCUT2D eigenvalue weighted by molar-refractivity contribution is -0.112. The van der Waals surface area contributed by atoms with E-state index in [1.54, 1.807) is 17.8 Å². The zero-order valence-electron chi connectivity index (χ0n) is 14.3. The summed E-state index contributed by atoms with van der Waals surface area (Å²) in [6, 6.07) is 11.8. The Kier molecular flexibility index (Phi) is 5.78. The van der Waals surface area contributed by atoms with Crippen LogP contribution in [0.4, 0.5) is 5.00 Å². The van der Waals surface area contributed by atoms with Gasteiger partial charge < -0.3 is 5.32 Å². The van der Waals surface area contributed by atoms with Crippen LogP contribution in [0.2, 0.25) is 0 Å². The second kappa shape index (κ2) is 8.23. The molecule has 0 fully saturated rings. The van der Waals surface area contributed by atoms with E-state index in [1.807, 2.05) is 36.6 Å². The zero-order chi connectivity index (χ0) is 18.5. The average Bonchev–Trinajstić information content (AvgIpc) is 3.03. The third-order valence-electron chi connectivity index (χ3n) is 4.30. The van der Waals surface area contributed by atoms with Crippen molar-refractivity contribution in [3.8, 4) is 12.1 Å². The van der Waals surface area contributed by atoms with Crippen molar-refractivity contribution in [2.24, 2.45) is 0 Å². The second-order valence-electron chi connectivity index (χ2n) is 5.92. The molecule has 1 amide bonds. The van der Waals surface area contributed by atoms with E-state index in [4.69, 9.17) is 0 Å². The lowest BCUT2D eigenvalue weighted by Crippen LogP contribution is -2.13. The van der Waals surface area contributed by atoms with E-state index < -0.39 is 5.91 Å². The lowest BCUT2D eigenvalue weighted by atomic mass is 9.96. The molecule has 3 rings (SSSR count). The quantitative estimate of drug-likeness (QED) is 0.472. The van der Waals surface area contributed by atoms with Gasteiger partial charge in [-0.25, -0.2) is 0 Å². The summed E-state index contributed by atoms with van der Waals surface area (Å²) in [7, 11) is 0. The van der Waals surface area contributed by atoms with Crippen LogP contribution in [0, 0.1) is 22.7 Å². The summed E-state index contributed by atoms with van der Waals surface area (Å²) >= 11 is 3.09. The van der Waals surface area contributed by atoms with Crippen molar-refractivity contribution < 1.29 is 4.79 Å². The van der Waals surface area contributed by atoms with Crippen LogP contribution in [0.5, 0.6) is 0 Å². The number of carbonyl (C=O) groups is 1. The van der Waals surface area contributed by atoms with Crippen molar-refractivity contribution in [2.45, 2.75) is 30.6 Å². The molecule has 26 heavy (non-hydrogen) atoms. The third kappa shape index (κ3) is 3.83. The number of thioether (sulfide) groups is 1. The number of thiophene rings is 1. The molecule has 0 saturated carbocycles. The minimum Gasteiger partial charge on any atom is -0.312 e. The maximum atomic E-state index is 12.5. The first kappa shape index (κ1) is 18.3. The first-order valence-electron chi connectivity index (χ1n) is 8.28. The standard InChI is InChI=1S/C20H17N3OS2/c1-25-15-8-6-13(7-9-15)10-14(11-21)19(24)23-20-17(12-22)16-4-2-3-5-18(16)26-20/h6-10H,2-5H2,1H3,(H,23,24). The normalized spacial score (nSPS) is 13.4. The first-order chi connectivity index (χ1) is 12.7. The Bertz CT molecular complexity index is 943. The van der Waals surface area contributed by atoms with Gasteiger partial charge in [0.25, 0.3) is 5.91 Å². The number of benzene rings is 1. The molecule has 0 atom stereocenters. The van der Waals surface area contributed by atoms with Gasteiger partial charge in [-0.3, -0.25) is 4.79 Å².